The zero-order valence-corrected chi connectivity index (χ0v) is 11.7. The lowest BCUT2D eigenvalue weighted by molar-refractivity contribution is 0.0310. The van der Waals surface area contributed by atoms with Crippen LogP contribution in [0, 0.1) is 0 Å². The number of hydrogen-bond acceptors (Lipinski definition) is 2. The summed E-state index contributed by atoms with van der Waals surface area (Å²) in [4.78, 5) is 2.47. The Kier molecular flexibility index (Phi) is 3.55. The zero-order chi connectivity index (χ0) is 12.7. The Morgan fingerprint density at radius 3 is 2.22 bits per heavy atom. The molecule has 0 saturated carbocycles. The average Bonchev–Trinajstić information content (AvgIpc) is 2.56. The number of aliphatic hydroxyl groups is 1. The molecular weight excluding hydrogens is 269 g/mol. The summed E-state index contributed by atoms with van der Waals surface area (Å²) >= 11 is 12.5. The van der Waals surface area contributed by atoms with Crippen LogP contribution in [0.2, 0.25) is 10.0 Å². The standard InChI is InChI=1S/C14H17Cl2NO/c15-13-2-1-3-14(16)12(13)8-17-9-4-5-10(17)7-11(18)6-9/h1-3,9-11,18H,4-8H2. The van der Waals surface area contributed by atoms with E-state index in [0.717, 1.165) is 35.0 Å². The van der Waals surface area contributed by atoms with Gasteiger partial charge in [0.2, 0.25) is 0 Å². The third kappa shape index (κ3) is 2.27. The predicted octanol–water partition coefficient (Wildman–Crippen LogP) is 3.48. The predicted molar refractivity (Wildman–Crippen MR) is 74.1 cm³/mol. The van der Waals surface area contributed by atoms with Crippen LogP contribution in [0.25, 0.3) is 0 Å². The molecule has 1 N–H and O–H groups in total. The first-order valence-corrected chi connectivity index (χ1v) is 7.27. The molecule has 98 valence electrons. The van der Waals surface area contributed by atoms with Crippen molar-refractivity contribution in [2.75, 3.05) is 0 Å². The molecule has 0 aromatic heterocycles. The Bertz CT molecular complexity index is 417. The van der Waals surface area contributed by atoms with Gasteiger partial charge in [-0.3, -0.25) is 4.90 Å². The van der Waals surface area contributed by atoms with Gasteiger partial charge in [-0.05, 0) is 37.8 Å². The van der Waals surface area contributed by atoms with Crippen molar-refractivity contribution in [2.45, 2.75) is 50.4 Å². The van der Waals surface area contributed by atoms with Gasteiger partial charge < -0.3 is 5.11 Å². The second kappa shape index (κ2) is 5.01. The van der Waals surface area contributed by atoms with Crippen molar-refractivity contribution in [3.05, 3.63) is 33.8 Å². The van der Waals surface area contributed by atoms with Crippen molar-refractivity contribution in [3.63, 3.8) is 0 Å². The lowest BCUT2D eigenvalue weighted by atomic mass is 9.99. The highest BCUT2D eigenvalue weighted by Crippen LogP contribution is 2.38. The summed E-state index contributed by atoms with van der Waals surface area (Å²) in [6.07, 6.45) is 4.02. The number of piperidine rings is 1. The number of benzene rings is 1. The molecule has 0 amide bonds. The maximum atomic E-state index is 9.80. The third-order valence-corrected chi connectivity index (χ3v) is 4.97. The molecule has 2 atom stereocenters. The molecule has 2 aliphatic heterocycles. The molecule has 4 heteroatoms. The van der Waals surface area contributed by atoms with Crippen molar-refractivity contribution in [3.8, 4) is 0 Å². The minimum absolute atomic E-state index is 0.125. The molecule has 2 nitrogen and oxygen atoms in total. The summed E-state index contributed by atoms with van der Waals surface area (Å²) in [6.45, 7) is 0.806. The van der Waals surface area contributed by atoms with Gasteiger partial charge in [0.1, 0.15) is 0 Å². The van der Waals surface area contributed by atoms with Gasteiger partial charge in [0.15, 0.2) is 0 Å². The summed E-state index contributed by atoms with van der Waals surface area (Å²) in [7, 11) is 0. The Morgan fingerprint density at radius 1 is 1.11 bits per heavy atom. The Hall–Kier alpha value is -0.280. The van der Waals surface area contributed by atoms with E-state index in [9.17, 15) is 5.11 Å². The van der Waals surface area contributed by atoms with E-state index in [2.05, 4.69) is 4.90 Å². The van der Waals surface area contributed by atoms with Crippen LogP contribution in [-0.2, 0) is 6.54 Å². The Labute approximate surface area is 117 Å². The number of halogens is 2. The fraction of sp³-hybridized carbons (Fsp3) is 0.571. The quantitative estimate of drug-likeness (QED) is 0.899. The summed E-state index contributed by atoms with van der Waals surface area (Å²) in [5.74, 6) is 0. The van der Waals surface area contributed by atoms with Crippen LogP contribution >= 0.6 is 23.2 Å². The largest absolute Gasteiger partial charge is 0.393 e. The molecule has 2 fully saturated rings. The van der Waals surface area contributed by atoms with Gasteiger partial charge in [-0.15, -0.1) is 0 Å². The van der Waals surface area contributed by atoms with Gasteiger partial charge in [0.25, 0.3) is 0 Å². The van der Waals surface area contributed by atoms with Crippen molar-refractivity contribution < 1.29 is 5.11 Å². The molecule has 0 radical (unpaired) electrons. The third-order valence-electron chi connectivity index (χ3n) is 4.26. The van der Waals surface area contributed by atoms with Crippen LogP contribution < -0.4 is 0 Å². The molecule has 1 aromatic carbocycles. The summed E-state index contributed by atoms with van der Waals surface area (Å²) in [5.41, 5.74) is 1.02. The molecule has 0 aliphatic carbocycles. The number of fused-ring (bicyclic) bond motifs is 2. The SMILES string of the molecule is OC1CC2CCC(C1)N2Cc1c(Cl)cccc1Cl. The highest BCUT2D eigenvalue weighted by molar-refractivity contribution is 6.35. The van der Waals surface area contributed by atoms with Crippen LogP contribution in [0.1, 0.15) is 31.2 Å². The van der Waals surface area contributed by atoms with Gasteiger partial charge in [-0.1, -0.05) is 29.3 Å². The van der Waals surface area contributed by atoms with Gasteiger partial charge >= 0.3 is 0 Å². The van der Waals surface area contributed by atoms with E-state index < -0.39 is 0 Å². The van der Waals surface area contributed by atoms with Gasteiger partial charge in [-0.25, -0.2) is 0 Å². The summed E-state index contributed by atoms with van der Waals surface area (Å²) in [5, 5.41) is 11.3. The second-order valence-corrected chi connectivity index (χ2v) is 6.20. The van der Waals surface area contributed by atoms with Crippen LogP contribution in [0.15, 0.2) is 18.2 Å². The van der Waals surface area contributed by atoms with Crippen molar-refractivity contribution in [2.24, 2.45) is 0 Å². The number of hydrogen-bond donors (Lipinski definition) is 1. The Balaban J connectivity index is 1.81. The maximum Gasteiger partial charge on any atom is 0.0570 e. The number of rotatable bonds is 2. The molecule has 2 saturated heterocycles. The van der Waals surface area contributed by atoms with E-state index >= 15 is 0 Å². The van der Waals surface area contributed by atoms with Crippen LogP contribution in [-0.4, -0.2) is 28.2 Å². The molecule has 0 spiro atoms. The van der Waals surface area contributed by atoms with Crippen molar-refractivity contribution >= 4 is 23.2 Å². The van der Waals surface area contributed by atoms with Gasteiger partial charge in [0, 0.05) is 34.2 Å². The van der Waals surface area contributed by atoms with E-state index in [4.69, 9.17) is 23.2 Å². The van der Waals surface area contributed by atoms with Crippen molar-refractivity contribution in [1.82, 2.24) is 4.90 Å². The highest BCUT2D eigenvalue weighted by atomic mass is 35.5. The average molecular weight is 286 g/mol. The normalized spacial score (nSPS) is 31.8. The molecule has 2 bridgehead atoms. The second-order valence-electron chi connectivity index (χ2n) is 5.38. The van der Waals surface area contributed by atoms with Crippen LogP contribution in [0.3, 0.4) is 0 Å². The number of nitrogens with zero attached hydrogens (tertiary/aromatic N) is 1. The molecule has 18 heavy (non-hydrogen) atoms. The van der Waals surface area contributed by atoms with E-state index in [-0.39, 0.29) is 6.10 Å². The fourth-order valence-electron chi connectivity index (χ4n) is 3.37. The van der Waals surface area contributed by atoms with Gasteiger partial charge in [-0.2, -0.15) is 0 Å². The highest BCUT2D eigenvalue weighted by Gasteiger charge is 2.40. The zero-order valence-electron chi connectivity index (χ0n) is 10.1. The van der Waals surface area contributed by atoms with E-state index in [1.54, 1.807) is 0 Å². The lowest BCUT2D eigenvalue weighted by Crippen LogP contribution is -2.44. The monoisotopic (exact) mass is 285 g/mol. The summed E-state index contributed by atoms with van der Waals surface area (Å²) < 4.78 is 0. The van der Waals surface area contributed by atoms with Gasteiger partial charge in [0.05, 0.1) is 6.10 Å². The first kappa shape index (κ1) is 12.7. The van der Waals surface area contributed by atoms with Crippen molar-refractivity contribution in [1.29, 1.82) is 0 Å². The molecular formula is C14H17Cl2NO. The minimum atomic E-state index is -0.125. The van der Waals surface area contributed by atoms with E-state index in [0.29, 0.717) is 12.1 Å². The lowest BCUT2D eigenvalue weighted by Gasteiger charge is -2.37. The molecule has 1 aromatic rings. The molecule has 3 rings (SSSR count). The van der Waals surface area contributed by atoms with Crippen LogP contribution in [0.5, 0.6) is 0 Å². The molecule has 2 unspecified atom stereocenters. The Morgan fingerprint density at radius 2 is 1.67 bits per heavy atom. The number of aliphatic hydroxyl groups excluding tert-OH is 1. The molecule has 2 heterocycles. The smallest absolute Gasteiger partial charge is 0.0570 e. The van der Waals surface area contributed by atoms with E-state index in [1.807, 2.05) is 18.2 Å². The molecule has 2 aliphatic rings. The minimum Gasteiger partial charge on any atom is -0.393 e. The fourth-order valence-corrected chi connectivity index (χ4v) is 3.89. The topological polar surface area (TPSA) is 23.5 Å². The first-order valence-electron chi connectivity index (χ1n) is 6.52. The first-order chi connectivity index (χ1) is 8.65. The van der Waals surface area contributed by atoms with E-state index in [1.165, 1.54) is 12.8 Å². The van der Waals surface area contributed by atoms with Crippen LogP contribution in [0.4, 0.5) is 0 Å². The maximum absolute atomic E-state index is 9.80. The summed E-state index contributed by atoms with van der Waals surface area (Å²) in [6, 6.07) is 6.65.